The summed E-state index contributed by atoms with van der Waals surface area (Å²) in [5, 5.41) is 0. The van der Waals surface area contributed by atoms with E-state index in [4.69, 9.17) is 14.2 Å². The molecule has 0 bridgehead atoms. The van der Waals surface area contributed by atoms with Gasteiger partial charge in [-0.25, -0.2) is 0 Å². The number of hydrogen-bond acceptors (Lipinski definition) is 4. The highest BCUT2D eigenvalue weighted by Crippen LogP contribution is 2.40. The summed E-state index contributed by atoms with van der Waals surface area (Å²) in [4.78, 5) is 2.26. The van der Waals surface area contributed by atoms with E-state index in [0.29, 0.717) is 5.92 Å². The zero-order valence-corrected chi connectivity index (χ0v) is 20.4. The second-order valence-electron chi connectivity index (χ2n) is 9.10. The van der Waals surface area contributed by atoms with Crippen LogP contribution < -0.4 is 9.47 Å². The normalized spacial score (nSPS) is 17.6. The van der Waals surface area contributed by atoms with Crippen molar-refractivity contribution in [1.29, 1.82) is 0 Å². The van der Waals surface area contributed by atoms with Crippen molar-refractivity contribution in [2.45, 2.75) is 25.4 Å². The Labute approximate surface area is 198 Å². The van der Waals surface area contributed by atoms with Crippen molar-refractivity contribution in [2.24, 2.45) is 5.92 Å². The average Bonchev–Trinajstić information content (AvgIpc) is 2.86. The van der Waals surface area contributed by atoms with Crippen LogP contribution in [-0.2, 0) is 11.2 Å². The molecule has 0 saturated heterocycles. The van der Waals surface area contributed by atoms with Gasteiger partial charge in [0.1, 0.15) is 11.5 Å². The van der Waals surface area contributed by atoms with Crippen molar-refractivity contribution in [2.75, 3.05) is 42.0 Å². The third-order valence-corrected chi connectivity index (χ3v) is 6.80. The number of fused-ring (bicyclic) bond motifs is 1. The van der Waals surface area contributed by atoms with E-state index in [9.17, 15) is 0 Å². The quantitative estimate of drug-likeness (QED) is 0.411. The molecule has 3 aromatic rings. The summed E-state index contributed by atoms with van der Waals surface area (Å²) in [5.41, 5.74) is 7.43. The highest BCUT2D eigenvalue weighted by Gasteiger charge is 2.29. The lowest BCUT2D eigenvalue weighted by Crippen LogP contribution is -2.26. The van der Waals surface area contributed by atoms with Gasteiger partial charge >= 0.3 is 0 Å². The van der Waals surface area contributed by atoms with Gasteiger partial charge in [-0.2, -0.15) is 0 Å². The van der Waals surface area contributed by atoms with Crippen molar-refractivity contribution in [3.05, 3.63) is 71.8 Å². The minimum atomic E-state index is 0.188. The number of methoxy groups -OCH3 is 3. The molecule has 2 unspecified atom stereocenters. The zero-order chi connectivity index (χ0) is 23.4. The molecule has 0 heterocycles. The van der Waals surface area contributed by atoms with Crippen LogP contribution in [-0.4, -0.2) is 46.9 Å². The molecular formula is C29H35NO3. The fourth-order valence-electron chi connectivity index (χ4n) is 4.94. The average molecular weight is 446 g/mol. The monoisotopic (exact) mass is 445 g/mol. The second-order valence-corrected chi connectivity index (χ2v) is 9.10. The summed E-state index contributed by atoms with van der Waals surface area (Å²) < 4.78 is 16.9. The summed E-state index contributed by atoms with van der Waals surface area (Å²) in [5.74, 6) is 2.18. The van der Waals surface area contributed by atoms with Crippen LogP contribution >= 0.6 is 0 Å². The molecule has 0 fully saturated rings. The van der Waals surface area contributed by atoms with Crippen LogP contribution in [0, 0.1) is 5.92 Å². The largest absolute Gasteiger partial charge is 0.497 e. The van der Waals surface area contributed by atoms with Crippen molar-refractivity contribution < 1.29 is 14.2 Å². The minimum Gasteiger partial charge on any atom is -0.497 e. The fourth-order valence-corrected chi connectivity index (χ4v) is 4.94. The SMILES string of the molecule is COc1ccc(-c2ccc(-c3ccc4c(c3)CCC(CCN(C)C)C4OC)cc2)c(OC)c1. The molecule has 0 radical (unpaired) electrons. The molecule has 1 aliphatic rings. The van der Waals surface area contributed by atoms with E-state index in [1.165, 1.54) is 35.1 Å². The molecule has 0 spiro atoms. The van der Waals surface area contributed by atoms with Gasteiger partial charge in [0.05, 0.1) is 20.3 Å². The van der Waals surface area contributed by atoms with Crippen LogP contribution in [0.15, 0.2) is 60.7 Å². The number of nitrogens with zero attached hydrogens (tertiary/aromatic N) is 1. The summed E-state index contributed by atoms with van der Waals surface area (Å²) in [6.45, 7) is 1.10. The van der Waals surface area contributed by atoms with Gasteiger partial charge in [-0.05, 0) is 85.8 Å². The Kier molecular flexibility index (Phi) is 7.36. The standard InChI is InChI=1S/C29H35NO3/c1-30(2)17-16-22-10-11-24-18-23(12-14-27(24)29(22)33-5)20-6-8-21(9-7-20)26-15-13-25(31-3)19-28(26)32-4/h6-9,12-15,18-19,22,29H,10-11,16-17H2,1-5H3. The van der Waals surface area contributed by atoms with Gasteiger partial charge in [0.15, 0.2) is 0 Å². The Morgan fingerprint density at radius 2 is 1.55 bits per heavy atom. The van der Waals surface area contributed by atoms with E-state index in [1.54, 1.807) is 14.2 Å². The van der Waals surface area contributed by atoms with Gasteiger partial charge in [-0.15, -0.1) is 0 Å². The van der Waals surface area contributed by atoms with E-state index in [0.717, 1.165) is 35.6 Å². The van der Waals surface area contributed by atoms with Crippen LogP contribution in [0.4, 0.5) is 0 Å². The maximum absolute atomic E-state index is 5.97. The van der Waals surface area contributed by atoms with Crippen LogP contribution in [0.25, 0.3) is 22.3 Å². The zero-order valence-electron chi connectivity index (χ0n) is 20.4. The molecule has 174 valence electrons. The minimum absolute atomic E-state index is 0.188. The molecule has 33 heavy (non-hydrogen) atoms. The van der Waals surface area contributed by atoms with Crippen LogP contribution in [0.3, 0.4) is 0 Å². The Balaban J connectivity index is 1.57. The lowest BCUT2D eigenvalue weighted by Gasteiger charge is -2.33. The van der Waals surface area contributed by atoms with Crippen molar-refractivity contribution >= 4 is 0 Å². The van der Waals surface area contributed by atoms with Gasteiger partial charge in [0, 0.05) is 18.7 Å². The molecule has 2 atom stereocenters. The van der Waals surface area contributed by atoms with Gasteiger partial charge in [-0.3, -0.25) is 0 Å². The highest BCUT2D eigenvalue weighted by atomic mass is 16.5. The van der Waals surface area contributed by atoms with Crippen LogP contribution in [0.1, 0.15) is 30.1 Å². The molecule has 0 aromatic heterocycles. The van der Waals surface area contributed by atoms with Crippen molar-refractivity contribution in [3.63, 3.8) is 0 Å². The lowest BCUT2D eigenvalue weighted by atomic mass is 9.78. The van der Waals surface area contributed by atoms with Gasteiger partial charge in [0.2, 0.25) is 0 Å². The van der Waals surface area contributed by atoms with Gasteiger partial charge in [-0.1, -0.05) is 42.5 Å². The highest BCUT2D eigenvalue weighted by molar-refractivity contribution is 5.75. The first-order valence-corrected chi connectivity index (χ1v) is 11.7. The molecule has 0 N–H and O–H groups in total. The molecule has 4 rings (SSSR count). The Morgan fingerprint density at radius 3 is 2.21 bits per heavy atom. The molecule has 3 aromatic carbocycles. The predicted octanol–water partition coefficient (Wildman–Crippen LogP) is 6.24. The van der Waals surface area contributed by atoms with E-state index in [-0.39, 0.29) is 6.10 Å². The van der Waals surface area contributed by atoms with Crippen LogP contribution in [0.5, 0.6) is 11.5 Å². The first kappa shape index (κ1) is 23.3. The van der Waals surface area contributed by atoms with E-state index >= 15 is 0 Å². The third kappa shape index (κ3) is 5.07. The second kappa shape index (κ2) is 10.4. The Hall–Kier alpha value is -2.82. The van der Waals surface area contributed by atoms with E-state index in [1.807, 2.05) is 25.3 Å². The summed E-state index contributed by atoms with van der Waals surface area (Å²) in [6, 6.07) is 21.5. The lowest BCUT2D eigenvalue weighted by molar-refractivity contribution is 0.0343. The molecule has 0 amide bonds. The van der Waals surface area contributed by atoms with E-state index < -0.39 is 0 Å². The number of rotatable bonds is 8. The van der Waals surface area contributed by atoms with Gasteiger partial charge in [0.25, 0.3) is 0 Å². The van der Waals surface area contributed by atoms with Crippen LogP contribution in [0.2, 0.25) is 0 Å². The number of hydrogen-bond donors (Lipinski definition) is 0. The summed E-state index contributed by atoms with van der Waals surface area (Å²) in [7, 11) is 9.49. The number of benzene rings is 3. The molecule has 0 aliphatic heterocycles. The van der Waals surface area contributed by atoms with Crippen molar-refractivity contribution in [3.8, 4) is 33.8 Å². The smallest absolute Gasteiger partial charge is 0.130 e. The topological polar surface area (TPSA) is 30.9 Å². The Bertz CT molecular complexity index is 1070. The molecule has 4 nitrogen and oxygen atoms in total. The maximum atomic E-state index is 5.97. The Morgan fingerprint density at radius 1 is 0.818 bits per heavy atom. The molecule has 1 aliphatic carbocycles. The van der Waals surface area contributed by atoms with E-state index in [2.05, 4.69) is 61.5 Å². The first-order chi connectivity index (χ1) is 16.0. The first-order valence-electron chi connectivity index (χ1n) is 11.7. The molecule has 0 saturated carbocycles. The maximum Gasteiger partial charge on any atom is 0.130 e. The summed E-state index contributed by atoms with van der Waals surface area (Å²) >= 11 is 0. The molecule has 4 heteroatoms. The fraction of sp³-hybridized carbons (Fsp3) is 0.379. The third-order valence-electron chi connectivity index (χ3n) is 6.80. The van der Waals surface area contributed by atoms with Gasteiger partial charge < -0.3 is 19.1 Å². The predicted molar refractivity (Wildman–Crippen MR) is 135 cm³/mol. The number of aryl methyl sites for hydroxylation is 1. The number of ether oxygens (including phenoxy) is 3. The molecular weight excluding hydrogens is 410 g/mol. The van der Waals surface area contributed by atoms with Crippen molar-refractivity contribution in [1.82, 2.24) is 4.90 Å². The summed E-state index contributed by atoms with van der Waals surface area (Å²) in [6.07, 6.45) is 3.65.